The third kappa shape index (κ3) is 2.59. The highest BCUT2D eigenvalue weighted by molar-refractivity contribution is 6.08. The second kappa shape index (κ2) is 5.73. The van der Waals surface area contributed by atoms with Gasteiger partial charge in [-0.15, -0.1) is 0 Å². The van der Waals surface area contributed by atoms with Gasteiger partial charge in [-0.2, -0.15) is 0 Å². The summed E-state index contributed by atoms with van der Waals surface area (Å²) in [7, 11) is 0. The first-order valence-corrected chi connectivity index (χ1v) is 8.00. The van der Waals surface area contributed by atoms with Crippen LogP contribution in [0, 0.1) is 0 Å². The molecule has 3 aromatic rings. The smallest absolute Gasteiger partial charge is 0.322 e. The van der Waals surface area contributed by atoms with Crippen molar-refractivity contribution in [1.29, 1.82) is 0 Å². The zero-order valence-electron chi connectivity index (χ0n) is 13.8. The molecule has 1 atom stereocenters. The van der Waals surface area contributed by atoms with Crippen molar-refractivity contribution in [2.24, 2.45) is 0 Å². The molecular weight excluding hydrogens is 334 g/mol. The molecule has 0 unspecified atom stereocenters. The average Bonchev–Trinajstić information content (AvgIpc) is 3.16. The number of amides is 4. The van der Waals surface area contributed by atoms with E-state index in [-0.39, 0.29) is 5.76 Å². The number of imide groups is 1. The van der Waals surface area contributed by atoms with Gasteiger partial charge >= 0.3 is 6.03 Å². The first-order valence-electron chi connectivity index (χ1n) is 8.00. The Bertz CT molecular complexity index is 1020. The summed E-state index contributed by atoms with van der Waals surface area (Å²) in [4.78, 5) is 36.0. The van der Waals surface area contributed by atoms with Crippen molar-refractivity contribution >= 4 is 34.5 Å². The number of urea groups is 1. The molecule has 3 N–H and O–H groups in total. The Labute approximate surface area is 148 Å². The van der Waals surface area contributed by atoms with Crippen molar-refractivity contribution in [1.82, 2.24) is 10.6 Å². The van der Waals surface area contributed by atoms with Gasteiger partial charge in [-0.1, -0.05) is 30.3 Å². The maximum Gasteiger partial charge on any atom is 0.322 e. The van der Waals surface area contributed by atoms with Gasteiger partial charge in [-0.05, 0) is 36.8 Å². The van der Waals surface area contributed by atoms with E-state index in [4.69, 9.17) is 4.42 Å². The number of hydrogen-bond acceptors (Lipinski definition) is 4. The lowest BCUT2D eigenvalue weighted by atomic mass is 9.92. The van der Waals surface area contributed by atoms with Crippen LogP contribution in [0.2, 0.25) is 0 Å². The zero-order chi connectivity index (χ0) is 18.3. The first kappa shape index (κ1) is 15.9. The largest absolute Gasteiger partial charge is 0.451 e. The molecule has 1 saturated heterocycles. The van der Waals surface area contributed by atoms with Gasteiger partial charge in [-0.25, -0.2) is 4.79 Å². The fourth-order valence-corrected chi connectivity index (χ4v) is 2.94. The monoisotopic (exact) mass is 349 g/mol. The summed E-state index contributed by atoms with van der Waals surface area (Å²) >= 11 is 0. The van der Waals surface area contributed by atoms with Crippen LogP contribution in [0.1, 0.15) is 23.0 Å². The Morgan fingerprint density at radius 2 is 1.88 bits per heavy atom. The van der Waals surface area contributed by atoms with Gasteiger partial charge in [0, 0.05) is 11.1 Å². The van der Waals surface area contributed by atoms with E-state index >= 15 is 0 Å². The van der Waals surface area contributed by atoms with E-state index in [0.29, 0.717) is 16.8 Å². The molecule has 0 saturated carbocycles. The van der Waals surface area contributed by atoms with Crippen molar-refractivity contribution in [2.45, 2.75) is 12.5 Å². The summed E-state index contributed by atoms with van der Waals surface area (Å²) in [5.41, 5.74) is 0.493. The Morgan fingerprint density at radius 1 is 1.08 bits per heavy atom. The van der Waals surface area contributed by atoms with Gasteiger partial charge in [0.25, 0.3) is 11.8 Å². The average molecular weight is 349 g/mol. The fraction of sp³-hybridized carbons (Fsp3) is 0.105. The molecule has 0 bridgehead atoms. The normalized spacial score (nSPS) is 19.3. The molecule has 2 aromatic carbocycles. The van der Waals surface area contributed by atoms with Gasteiger partial charge in [-0.3, -0.25) is 14.9 Å². The molecule has 1 fully saturated rings. The van der Waals surface area contributed by atoms with Crippen molar-refractivity contribution < 1.29 is 18.8 Å². The second-order valence-electron chi connectivity index (χ2n) is 6.22. The molecule has 0 radical (unpaired) electrons. The number of hydrogen-bond donors (Lipinski definition) is 3. The van der Waals surface area contributed by atoms with Crippen molar-refractivity contribution in [3.8, 4) is 0 Å². The number of carbonyl (C=O) groups excluding carboxylic acids is 3. The van der Waals surface area contributed by atoms with Crippen molar-refractivity contribution in [3.05, 3.63) is 65.9 Å². The van der Waals surface area contributed by atoms with E-state index in [1.165, 1.54) is 0 Å². The van der Waals surface area contributed by atoms with E-state index in [2.05, 4.69) is 16.0 Å². The number of furan rings is 1. The van der Waals surface area contributed by atoms with Gasteiger partial charge in [0.15, 0.2) is 5.76 Å². The zero-order valence-corrected chi connectivity index (χ0v) is 13.8. The number of rotatable bonds is 3. The van der Waals surface area contributed by atoms with Crippen LogP contribution in [0.4, 0.5) is 10.5 Å². The summed E-state index contributed by atoms with van der Waals surface area (Å²) in [5, 5.41) is 8.40. The highest BCUT2D eigenvalue weighted by atomic mass is 16.3. The molecular formula is C19H15N3O4. The Morgan fingerprint density at radius 3 is 2.62 bits per heavy atom. The number of nitrogens with one attached hydrogen (secondary N) is 3. The molecule has 130 valence electrons. The Hall–Kier alpha value is -3.61. The SMILES string of the molecule is C[C@@]1(c2cccc(NC(=O)c3cc4ccccc4o3)c2)NC(=O)NC1=O. The van der Waals surface area contributed by atoms with Crippen LogP contribution in [0.5, 0.6) is 0 Å². The van der Waals surface area contributed by atoms with Crippen LogP contribution < -0.4 is 16.0 Å². The molecule has 1 aromatic heterocycles. The highest BCUT2D eigenvalue weighted by Crippen LogP contribution is 2.27. The molecule has 4 amide bonds. The van der Waals surface area contributed by atoms with Crippen LogP contribution in [0.15, 0.2) is 59.0 Å². The lowest BCUT2D eigenvalue weighted by Crippen LogP contribution is -2.40. The molecule has 4 rings (SSSR count). The first-order chi connectivity index (χ1) is 12.5. The molecule has 26 heavy (non-hydrogen) atoms. The third-order valence-corrected chi connectivity index (χ3v) is 4.39. The second-order valence-corrected chi connectivity index (χ2v) is 6.22. The maximum absolute atomic E-state index is 12.5. The highest BCUT2D eigenvalue weighted by Gasteiger charge is 2.43. The molecule has 7 heteroatoms. The standard InChI is InChI=1S/C19H15N3O4/c1-19(17(24)21-18(25)22-19)12-6-4-7-13(10-12)20-16(23)15-9-11-5-2-3-8-14(11)26-15/h2-10H,1H3,(H,20,23)(H2,21,22,24,25)/t19-/m0/s1. The van der Waals surface area contributed by atoms with Crippen LogP contribution in [0.3, 0.4) is 0 Å². The molecule has 7 nitrogen and oxygen atoms in total. The van der Waals surface area contributed by atoms with Crippen molar-refractivity contribution in [2.75, 3.05) is 5.32 Å². The summed E-state index contributed by atoms with van der Waals surface area (Å²) < 4.78 is 5.55. The van der Waals surface area contributed by atoms with E-state index in [9.17, 15) is 14.4 Å². The fourth-order valence-electron chi connectivity index (χ4n) is 2.94. The molecule has 2 heterocycles. The number of benzene rings is 2. The minimum atomic E-state index is -1.18. The minimum absolute atomic E-state index is 0.190. The third-order valence-electron chi connectivity index (χ3n) is 4.39. The van der Waals surface area contributed by atoms with Crippen LogP contribution in [-0.4, -0.2) is 17.8 Å². The summed E-state index contributed by atoms with van der Waals surface area (Å²) in [6.07, 6.45) is 0. The Kier molecular flexibility index (Phi) is 3.50. The number of fused-ring (bicyclic) bond motifs is 1. The van der Waals surface area contributed by atoms with Gasteiger partial charge < -0.3 is 15.1 Å². The molecule has 1 aliphatic heterocycles. The van der Waals surface area contributed by atoms with E-state index < -0.39 is 23.4 Å². The van der Waals surface area contributed by atoms with Crippen LogP contribution >= 0.6 is 0 Å². The van der Waals surface area contributed by atoms with Crippen LogP contribution in [-0.2, 0) is 10.3 Å². The lowest BCUT2D eigenvalue weighted by Gasteiger charge is -2.21. The predicted octanol–water partition coefficient (Wildman–Crippen LogP) is 2.74. The molecule has 0 aliphatic carbocycles. The van der Waals surface area contributed by atoms with Gasteiger partial charge in [0.05, 0.1) is 0 Å². The molecule has 1 aliphatic rings. The maximum atomic E-state index is 12.5. The quantitative estimate of drug-likeness (QED) is 0.633. The lowest BCUT2D eigenvalue weighted by molar-refractivity contribution is -0.123. The van der Waals surface area contributed by atoms with Crippen molar-refractivity contribution in [3.63, 3.8) is 0 Å². The van der Waals surface area contributed by atoms with E-state index in [0.717, 1.165) is 5.39 Å². The minimum Gasteiger partial charge on any atom is -0.451 e. The summed E-state index contributed by atoms with van der Waals surface area (Å²) in [6, 6.07) is 15.2. The summed E-state index contributed by atoms with van der Waals surface area (Å²) in [5.74, 6) is -0.651. The molecule has 0 spiro atoms. The number of para-hydroxylation sites is 1. The number of anilines is 1. The predicted molar refractivity (Wildman–Crippen MR) is 94.6 cm³/mol. The summed E-state index contributed by atoms with van der Waals surface area (Å²) in [6.45, 7) is 1.60. The Balaban J connectivity index is 1.60. The van der Waals surface area contributed by atoms with Gasteiger partial charge in [0.2, 0.25) is 0 Å². The van der Waals surface area contributed by atoms with Crippen LogP contribution in [0.25, 0.3) is 11.0 Å². The number of carbonyl (C=O) groups is 3. The topological polar surface area (TPSA) is 100 Å². The van der Waals surface area contributed by atoms with Gasteiger partial charge in [0.1, 0.15) is 11.1 Å². The van der Waals surface area contributed by atoms with E-state index in [1.54, 1.807) is 43.3 Å². The van der Waals surface area contributed by atoms with E-state index in [1.807, 2.05) is 18.2 Å².